The molecular weight excluding hydrogens is 364 g/mol. The third-order valence-electron chi connectivity index (χ3n) is 5.27. The van der Waals surface area contributed by atoms with Gasteiger partial charge in [-0.05, 0) is 55.0 Å². The van der Waals surface area contributed by atoms with E-state index in [9.17, 15) is 4.79 Å². The molecule has 1 heterocycles. The molecule has 0 bridgehead atoms. The van der Waals surface area contributed by atoms with Crippen molar-refractivity contribution in [3.63, 3.8) is 0 Å². The van der Waals surface area contributed by atoms with E-state index in [1.807, 2.05) is 48.4 Å². The monoisotopic (exact) mass is 392 g/mol. The smallest absolute Gasteiger partial charge is 0.261 e. The summed E-state index contributed by atoms with van der Waals surface area (Å²) in [5.41, 5.74) is 3.56. The highest BCUT2D eigenvalue weighted by Crippen LogP contribution is 2.32. The van der Waals surface area contributed by atoms with Gasteiger partial charge in [-0.1, -0.05) is 30.8 Å². The lowest BCUT2D eigenvalue weighted by Crippen LogP contribution is -2.29. The Morgan fingerprint density at radius 2 is 1.86 bits per heavy atom. The zero-order chi connectivity index (χ0) is 20.8. The number of ether oxygens (including phenoxy) is 2. The van der Waals surface area contributed by atoms with E-state index in [1.165, 1.54) is 0 Å². The number of aryl methyl sites for hydroxylation is 1. The van der Waals surface area contributed by atoms with E-state index in [2.05, 4.69) is 11.6 Å². The van der Waals surface area contributed by atoms with Gasteiger partial charge in [0.05, 0.1) is 19.9 Å². The Morgan fingerprint density at radius 1 is 1.17 bits per heavy atom. The summed E-state index contributed by atoms with van der Waals surface area (Å²) in [6.07, 6.45) is 3.61. The lowest BCUT2D eigenvalue weighted by atomic mass is 10.0. The molecule has 5 heteroatoms. The van der Waals surface area contributed by atoms with Crippen LogP contribution in [0.5, 0.6) is 11.5 Å². The molecule has 2 aromatic carbocycles. The van der Waals surface area contributed by atoms with Gasteiger partial charge in [0.1, 0.15) is 17.1 Å². The number of allylic oxidation sites excluding steroid dienone is 1. The summed E-state index contributed by atoms with van der Waals surface area (Å²) in [6.45, 7) is 7.60. The number of para-hydroxylation sites is 1. The van der Waals surface area contributed by atoms with Crippen LogP contribution in [0, 0.1) is 12.8 Å². The fraction of sp³-hybridized carbons (Fsp3) is 0.333. The van der Waals surface area contributed by atoms with Crippen LogP contribution in [0.15, 0.2) is 59.6 Å². The SMILES string of the molecule is C=C(C=Nc1ccccc1C)C[C@@H]1CCN(C(=O)c2c(OC)cccc2OC)C1. The minimum atomic E-state index is -0.0546. The van der Waals surface area contributed by atoms with Crippen molar-refractivity contribution in [3.8, 4) is 11.5 Å². The number of carbonyl (C=O) groups excluding carboxylic acids is 1. The summed E-state index contributed by atoms with van der Waals surface area (Å²) >= 11 is 0. The van der Waals surface area contributed by atoms with E-state index in [0.29, 0.717) is 36.1 Å². The van der Waals surface area contributed by atoms with E-state index in [0.717, 1.165) is 29.7 Å². The van der Waals surface area contributed by atoms with Crippen molar-refractivity contribution in [3.05, 3.63) is 65.7 Å². The number of methoxy groups -OCH3 is 2. The van der Waals surface area contributed by atoms with Crippen molar-refractivity contribution in [2.45, 2.75) is 19.8 Å². The molecule has 152 valence electrons. The molecule has 1 aliphatic heterocycles. The topological polar surface area (TPSA) is 51.1 Å². The highest BCUT2D eigenvalue weighted by atomic mass is 16.5. The first-order chi connectivity index (χ1) is 14.0. The second-order valence-electron chi connectivity index (χ2n) is 7.35. The summed E-state index contributed by atoms with van der Waals surface area (Å²) in [5.74, 6) is 1.39. The summed E-state index contributed by atoms with van der Waals surface area (Å²) in [6, 6.07) is 13.4. The van der Waals surface area contributed by atoms with E-state index < -0.39 is 0 Å². The van der Waals surface area contributed by atoms with Gasteiger partial charge in [-0.3, -0.25) is 9.79 Å². The van der Waals surface area contributed by atoms with Crippen LogP contribution in [-0.4, -0.2) is 44.3 Å². The van der Waals surface area contributed by atoms with Gasteiger partial charge in [0.25, 0.3) is 5.91 Å². The molecule has 1 atom stereocenters. The fourth-order valence-electron chi connectivity index (χ4n) is 3.70. The number of hydrogen-bond donors (Lipinski definition) is 0. The predicted molar refractivity (Wildman–Crippen MR) is 117 cm³/mol. The number of likely N-dealkylation sites (tertiary alicyclic amines) is 1. The minimum Gasteiger partial charge on any atom is -0.496 e. The summed E-state index contributed by atoms with van der Waals surface area (Å²) in [7, 11) is 3.13. The van der Waals surface area contributed by atoms with Gasteiger partial charge in [-0.2, -0.15) is 0 Å². The number of benzene rings is 2. The molecule has 0 aromatic heterocycles. The van der Waals surface area contributed by atoms with E-state index >= 15 is 0 Å². The van der Waals surface area contributed by atoms with Gasteiger partial charge >= 0.3 is 0 Å². The van der Waals surface area contributed by atoms with E-state index in [-0.39, 0.29) is 5.91 Å². The number of aliphatic imine (C=N–C) groups is 1. The molecular formula is C24H28N2O3. The highest BCUT2D eigenvalue weighted by molar-refractivity contribution is 6.00. The lowest BCUT2D eigenvalue weighted by molar-refractivity contribution is 0.0780. The van der Waals surface area contributed by atoms with Crippen LogP contribution < -0.4 is 9.47 Å². The van der Waals surface area contributed by atoms with Crippen LogP contribution in [0.1, 0.15) is 28.8 Å². The van der Waals surface area contributed by atoms with Crippen molar-refractivity contribution < 1.29 is 14.3 Å². The molecule has 0 aliphatic carbocycles. The van der Waals surface area contributed by atoms with Crippen molar-refractivity contribution in [1.82, 2.24) is 4.90 Å². The maximum absolute atomic E-state index is 13.1. The Bertz CT molecular complexity index is 898. The Balaban J connectivity index is 1.63. The molecule has 0 unspecified atom stereocenters. The van der Waals surface area contributed by atoms with Crippen LogP contribution in [-0.2, 0) is 0 Å². The zero-order valence-electron chi connectivity index (χ0n) is 17.4. The average Bonchev–Trinajstić information content (AvgIpc) is 3.20. The van der Waals surface area contributed by atoms with Crippen LogP contribution >= 0.6 is 0 Å². The molecule has 1 fully saturated rings. The molecule has 2 aromatic rings. The van der Waals surface area contributed by atoms with Gasteiger partial charge in [-0.15, -0.1) is 0 Å². The number of amides is 1. The van der Waals surface area contributed by atoms with E-state index in [4.69, 9.17) is 9.47 Å². The summed E-state index contributed by atoms with van der Waals surface area (Å²) in [4.78, 5) is 19.5. The number of rotatable bonds is 7. The van der Waals surface area contributed by atoms with Gasteiger partial charge < -0.3 is 14.4 Å². The fourth-order valence-corrected chi connectivity index (χ4v) is 3.70. The summed E-state index contributed by atoms with van der Waals surface area (Å²) < 4.78 is 10.8. The highest BCUT2D eigenvalue weighted by Gasteiger charge is 2.30. The van der Waals surface area contributed by atoms with Crippen molar-refractivity contribution in [2.75, 3.05) is 27.3 Å². The molecule has 0 saturated carbocycles. The second kappa shape index (κ2) is 9.41. The number of nitrogens with zero attached hydrogens (tertiary/aromatic N) is 2. The van der Waals surface area contributed by atoms with E-state index in [1.54, 1.807) is 26.4 Å². The quantitative estimate of drug-likeness (QED) is 0.635. The van der Waals surface area contributed by atoms with Crippen molar-refractivity contribution >= 4 is 17.8 Å². The van der Waals surface area contributed by atoms with Gasteiger partial charge in [0.15, 0.2) is 0 Å². The molecule has 5 nitrogen and oxygen atoms in total. The average molecular weight is 392 g/mol. The minimum absolute atomic E-state index is 0.0546. The lowest BCUT2D eigenvalue weighted by Gasteiger charge is -2.20. The van der Waals surface area contributed by atoms with Gasteiger partial charge in [0, 0.05) is 19.3 Å². The second-order valence-corrected chi connectivity index (χ2v) is 7.35. The third kappa shape index (κ3) is 4.86. The Labute approximate surface area is 172 Å². The molecule has 0 radical (unpaired) electrons. The third-order valence-corrected chi connectivity index (χ3v) is 5.27. The largest absolute Gasteiger partial charge is 0.496 e. The summed E-state index contributed by atoms with van der Waals surface area (Å²) in [5, 5.41) is 0. The first kappa shape index (κ1) is 20.6. The number of hydrogen-bond acceptors (Lipinski definition) is 4. The normalized spacial score (nSPS) is 16.2. The zero-order valence-corrected chi connectivity index (χ0v) is 17.4. The van der Waals surface area contributed by atoms with Crippen LogP contribution in [0.4, 0.5) is 5.69 Å². The number of carbonyl (C=O) groups is 1. The first-order valence-electron chi connectivity index (χ1n) is 9.81. The van der Waals surface area contributed by atoms with Gasteiger partial charge in [0.2, 0.25) is 0 Å². The van der Waals surface area contributed by atoms with Crippen molar-refractivity contribution in [1.29, 1.82) is 0 Å². The Kier molecular flexibility index (Phi) is 6.70. The van der Waals surface area contributed by atoms with Crippen LogP contribution in [0.2, 0.25) is 0 Å². The first-order valence-corrected chi connectivity index (χ1v) is 9.81. The molecule has 1 amide bonds. The standard InChI is InChI=1S/C24H28N2O3/c1-17(15-25-20-9-6-5-8-18(20)2)14-19-12-13-26(16-19)24(27)23-21(28-3)10-7-11-22(23)29-4/h5-11,15,19H,1,12-14,16H2,2-4H3/t19-/m0/s1. The Hall–Kier alpha value is -3.08. The molecule has 1 aliphatic rings. The molecule has 29 heavy (non-hydrogen) atoms. The molecule has 0 spiro atoms. The maximum atomic E-state index is 13.1. The molecule has 1 saturated heterocycles. The molecule has 0 N–H and O–H groups in total. The predicted octanol–water partition coefficient (Wildman–Crippen LogP) is 4.82. The maximum Gasteiger partial charge on any atom is 0.261 e. The Morgan fingerprint density at radius 3 is 2.52 bits per heavy atom. The van der Waals surface area contributed by atoms with Crippen LogP contribution in [0.3, 0.4) is 0 Å². The van der Waals surface area contributed by atoms with Crippen molar-refractivity contribution in [2.24, 2.45) is 10.9 Å². The molecule has 3 rings (SSSR count). The van der Waals surface area contributed by atoms with Gasteiger partial charge in [-0.25, -0.2) is 0 Å². The van der Waals surface area contributed by atoms with Crippen LogP contribution in [0.25, 0.3) is 0 Å².